The first-order valence-corrected chi connectivity index (χ1v) is 11.8. The van der Waals surface area contributed by atoms with Crippen LogP contribution in [0.1, 0.15) is 19.4 Å². The first-order chi connectivity index (χ1) is 13.7. The number of hydrogen-bond donors (Lipinski definition) is 1. The van der Waals surface area contributed by atoms with E-state index in [1.807, 2.05) is 30.3 Å². The number of nitrogens with zero attached hydrogens (tertiary/aromatic N) is 1. The van der Waals surface area contributed by atoms with Gasteiger partial charge in [-0.25, -0.2) is 8.42 Å². The summed E-state index contributed by atoms with van der Waals surface area (Å²) in [7, 11) is -2.01. The second-order valence-corrected chi connectivity index (χ2v) is 10.7. The molecule has 0 bridgehead atoms. The van der Waals surface area contributed by atoms with Crippen LogP contribution in [-0.4, -0.2) is 43.2 Å². The molecule has 29 heavy (non-hydrogen) atoms. The van der Waals surface area contributed by atoms with Gasteiger partial charge in [0.1, 0.15) is 0 Å². The van der Waals surface area contributed by atoms with Crippen LogP contribution in [0.25, 0.3) is 0 Å². The molecule has 8 heteroatoms. The Hall–Kier alpha value is -2.32. The standard InChI is InChI=1S/C21H24N2O4S2/c1-14(21(25)23(3)12-16-7-5-4-6-8-16)13-29(26,27)17-9-10-19-18(11-17)22-20(24)15(2)28-19/h4-11,14-15H,12-13H2,1-3H3,(H,22,24). The Kier molecular flexibility index (Phi) is 6.33. The summed E-state index contributed by atoms with van der Waals surface area (Å²) in [5.41, 5.74) is 1.48. The fourth-order valence-electron chi connectivity index (χ4n) is 3.19. The van der Waals surface area contributed by atoms with Crippen molar-refractivity contribution in [1.29, 1.82) is 0 Å². The number of sulfone groups is 1. The van der Waals surface area contributed by atoms with E-state index >= 15 is 0 Å². The number of nitrogens with one attached hydrogen (secondary N) is 1. The number of benzene rings is 2. The zero-order chi connectivity index (χ0) is 21.2. The number of carbonyl (C=O) groups excluding carboxylic acids is 2. The highest BCUT2D eigenvalue weighted by Crippen LogP contribution is 2.37. The van der Waals surface area contributed by atoms with Gasteiger partial charge >= 0.3 is 0 Å². The largest absolute Gasteiger partial charge is 0.341 e. The molecule has 1 aliphatic rings. The summed E-state index contributed by atoms with van der Waals surface area (Å²) in [6.45, 7) is 3.84. The van der Waals surface area contributed by atoms with Crippen molar-refractivity contribution in [2.75, 3.05) is 18.1 Å². The summed E-state index contributed by atoms with van der Waals surface area (Å²) >= 11 is 1.40. The maximum absolute atomic E-state index is 12.9. The van der Waals surface area contributed by atoms with Crippen LogP contribution in [0.5, 0.6) is 0 Å². The Bertz CT molecular complexity index is 1020. The number of anilines is 1. The van der Waals surface area contributed by atoms with Gasteiger partial charge in [0, 0.05) is 24.4 Å². The second-order valence-electron chi connectivity index (χ2n) is 7.27. The van der Waals surface area contributed by atoms with Crippen molar-refractivity contribution in [3.8, 4) is 0 Å². The van der Waals surface area contributed by atoms with Crippen molar-refractivity contribution in [3.05, 3.63) is 54.1 Å². The van der Waals surface area contributed by atoms with Crippen LogP contribution >= 0.6 is 11.8 Å². The van der Waals surface area contributed by atoms with Crippen molar-refractivity contribution >= 4 is 39.1 Å². The molecule has 0 aliphatic carbocycles. The van der Waals surface area contributed by atoms with Crippen LogP contribution in [-0.2, 0) is 26.0 Å². The summed E-state index contributed by atoms with van der Waals surface area (Å²) in [6.07, 6.45) is 0. The Balaban J connectivity index is 1.71. The molecule has 0 spiro atoms. The van der Waals surface area contributed by atoms with Crippen molar-refractivity contribution in [3.63, 3.8) is 0 Å². The molecule has 3 rings (SSSR count). The first kappa shape index (κ1) is 21.4. The fourth-order valence-corrected chi connectivity index (χ4v) is 5.69. The molecule has 0 saturated heterocycles. The lowest BCUT2D eigenvalue weighted by Gasteiger charge is -2.23. The van der Waals surface area contributed by atoms with Crippen molar-refractivity contribution < 1.29 is 18.0 Å². The van der Waals surface area contributed by atoms with Crippen LogP contribution in [0, 0.1) is 5.92 Å². The molecule has 1 heterocycles. The average Bonchev–Trinajstić information content (AvgIpc) is 2.68. The Labute approximate surface area is 175 Å². The van der Waals surface area contributed by atoms with Gasteiger partial charge in [-0.15, -0.1) is 11.8 Å². The van der Waals surface area contributed by atoms with Crippen LogP contribution in [0.3, 0.4) is 0 Å². The van der Waals surface area contributed by atoms with Crippen molar-refractivity contribution in [2.24, 2.45) is 5.92 Å². The highest BCUT2D eigenvalue weighted by molar-refractivity contribution is 8.01. The van der Waals surface area contributed by atoms with Gasteiger partial charge in [-0.2, -0.15) is 0 Å². The summed E-state index contributed by atoms with van der Waals surface area (Å²) in [5, 5.41) is 2.52. The van der Waals surface area contributed by atoms with Crippen LogP contribution in [0.4, 0.5) is 5.69 Å². The zero-order valence-corrected chi connectivity index (χ0v) is 18.2. The maximum Gasteiger partial charge on any atom is 0.237 e. The monoisotopic (exact) mass is 432 g/mol. The lowest BCUT2D eigenvalue weighted by Crippen LogP contribution is -2.34. The van der Waals surface area contributed by atoms with Crippen molar-refractivity contribution in [1.82, 2.24) is 4.90 Å². The molecule has 0 aromatic heterocycles. The molecule has 2 unspecified atom stereocenters. The number of thioether (sulfide) groups is 1. The normalized spacial score (nSPS) is 17.2. The number of carbonyl (C=O) groups is 2. The van der Waals surface area contributed by atoms with Gasteiger partial charge in [0.25, 0.3) is 0 Å². The van der Waals surface area contributed by atoms with E-state index in [0.717, 1.165) is 10.5 Å². The number of rotatable bonds is 6. The molecule has 1 aliphatic heterocycles. The van der Waals surface area contributed by atoms with E-state index in [1.54, 1.807) is 31.9 Å². The minimum Gasteiger partial charge on any atom is -0.341 e. The van der Waals surface area contributed by atoms with Gasteiger partial charge in [0.05, 0.1) is 21.6 Å². The van der Waals surface area contributed by atoms with Gasteiger partial charge in [-0.3, -0.25) is 9.59 Å². The molecule has 0 saturated carbocycles. The third kappa shape index (κ3) is 5.00. The van der Waals surface area contributed by atoms with Gasteiger partial charge in [-0.05, 0) is 30.7 Å². The average molecular weight is 433 g/mol. The topological polar surface area (TPSA) is 83.5 Å². The summed E-state index contributed by atoms with van der Waals surface area (Å²) in [6, 6.07) is 14.3. The fraction of sp³-hybridized carbons (Fsp3) is 0.333. The van der Waals surface area contributed by atoms with Crippen LogP contribution in [0.15, 0.2) is 58.3 Å². The van der Waals surface area contributed by atoms with Gasteiger partial charge < -0.3 is 10.2 Å². The van der Waals surface area contributed by atoms with Gasteiger partial charge in [-0.1, -0.05) is 37.3 Å². The molecule has 2 amide bonds. The molecule has 0 fully saturated rings. The molecular formula is C21H24N2O4S2. The molecule has 2 aromatic rings. The van der Waals surface area contributed by atoms with E-state index in [4.69, 9.17) is 0 Å². The molecule has 1 N–H and O–H groups in total. The second kappa shape index (κ2) is 8.59. The Morgan fingerprint density at radius 1 is 1.21 bits per heavy atom. The highest BCUT2D eigenvalue weighted by Gasteiger charge is 2.28. The highest BCUT2D eigenvalue weighted by atomic mass is 32.2. The molecule has 0 radical (unpaired) electrons. The summed E-state index contributed by atoms with van der Waals surface area (Å²) in [4.78, 5) is 27.0. The molecule has 2 atom stereocenters. The van der Waals surface area contributed by atoms with E-state index < -0.39 is 15.8 Å². The number of amides is 2. The molecule has 2 aromatic carbocycles. The van der Waals surface area contributed by atoms with E-state index in [2.05, 4.69) is 5.32 Å². The molecule has 154 valence electrons. The minimum absolute atomic E-state index is 0.108. The van der Waals surface area contributed by atoms with Crippen LogP contribution < -0.4 is 5.32 Å². The first-order valence-electron chi connectivity index (χ1n) is 9.30. The smallest absolute Gasteiger partial charge is 0.237 e. The summed E-state index contributed by atoms with van der Waals surface area (Å²) in [5.74, 6) is -1.36. The van der Waals surface area contributed by atoms with Gasteiger partial charge in [0.2, 0.25) is 11.8 Å². The minimum atomic E-state index is -3.68. The molecular weight excluding hydrogens is 408 g/mol. The van der Waals surface area contributed by atoms with E-state index in [9.17, 15) is 18.0 Å². The van der Waals surface area contributed by atoms with Crippen molar-refractivity contribution in [2.45, 2.75) is 35.4 Å². The van der Waals surface area contributed by atoms with E-state index in [1.165, 1.54) is 23.9 Å². The quantitative estimate of drug-likeness (QED) is 0.758. The third-order valence-electron chi connectivity index (χ3n) is 4.77. The lowest BCUT2D eigenvalue weighted by molar-refractivity contribution is -0.133. The number of hydrogen-bond acceptors (Lipinski definition) is 5. The lowest BCUT2D eigenvalue weighted by atomic mass is 10.1. The SMILES string of the molecule is CC(CS(=O)(=O)c1ccc2c(c1)NC(=O)C(C)S2)C(=O)N(C)Cc1ccccc1. The Morgan fingerprint density at radius 3 is 2.59 bits per heavy atom. The van der Waals surface area contributed by atoms with Crippen LogP contribution in [0.2, 0.25) is 0 Å². The summed E-state index contributed by atoms with van der Waals surface area (Å²) < 4.78 is 25.7. The van der Waals surface area contributed by atoms with E-state index in [0.29, 0.717) is 12.2 Å². The molecule has 6 nitrogen and oxygen atoms in total. The number of fused-ring (bicyclic) bond motifs is 1. The van der Waals surface area contributed by atoms with E-state index in [-0.39, 0.29) is 27.7 Å². The predicted octanol–water partition coefficient (Wildman–Crippen LogP) is 3.19. The van der Waals surface area contributed by atoms with Gasteiger partial charge in [0.15, 0.2) is 9.84 Å². The maximum atomic E-state index is 12.9. The third-order valence-corrected chi connectivity index (χ3v) is 7.86. The zero-order valence-electron chi connectivity index (χ0n) is 16.6. The Morgan fingerprint density at radius 2 is 1.90 bits per heavy atom. The predicted molar refractivity (Wildman–Crippen MR) is 115 cm³/mol.